The van der Waals surface area contributed by atoms with Crippen LogP contribution in [0.2, 0.25) is 0 Å². The zero-order chi connectivity index (χ0) is 7.68. The molecule has 56 valence electrons. The van der Waals surface area contributed by atoms with Gasteiger partial charge in [0.15, 0.2) is 0 Å². The summed E-state index contributed by atoms with van der Waals surface area (Å²) in [6, 6.07) is 5.78. The van der Waals surface area contributed by atoms with Crippen molar-refractivity contribution in [2.45, 2.75) is 0 Å². The molecule has 0 unspecified atom stereocenters. The molecule has 0 amide bonds. The normalized spacial score (nSPS) is 10.3. The van der Waals surface area contributed by atoms with Crippen molar-refractivity contribution in [2.24, 2.45) is 0 Å². The van der Waals surface area contributed by atoms with Crippen LogP contribution in [-0.2, 0) is 0 Å². The van der Waals surface area contributed by atoms with E-state index in [0.717, 1.165) is 16.0 Å². The molecule has 0 aliphatic heterocycles. The van der Waals surface area contributed by atoms with Gasteiger partial charge in [-0.05, 0) is 23.7 Å². The first-order chi connectivity index (χ1) is 5.42. The highest BCUT2D eigenvalue weighted by Crippen LogP contribution is 2.24. The minimum absolute atomic E-state index is 0.788. The fraction of sp³-hybridized carbons (Fsp3) is 0.143. The van der Waals surface area contributed by atoms with Gasteiger partial charge in [0.1, 0.15) is 11.3 Å². The lowest BCUT2D eigenvalue weighted by Gasteiger charge is -1.96. The summed E-state index contributed by atoms with van der Waals surface area (Å²) < 4.78 is 9.97. The van der Waals surface area contributed by atoms with Crippen molar-refractivity contribution in [1.82, 2.24) is 9.59 Å². The van der Waals surface area contributed by atoms with Gasteiger partial charge in [0.05, 0.1) is 11.8 Å². The fourth-order valence-electron chi connectivity index (χ4n) is 0.944. The molecule has 2 rings (SSSR count). The van der Waals surface area contributed by atoms with Crippen LogP contribution in [0.4, 0.5) is 0 Å². The Labute approximate surface area is 67.8 Å². The standard InChI is InChI=1S/C7H6N2OS/c1-10-5-3-2-4-6-7(5)8-9-11-6/h2-4H,1H3. The van der Waals surface area contributed by atoms with Gasteiger partial charge in [-0.15, -0.1) is 5.10 Å². The number of methoxy groups -OCH3 is 1. The van der Waals surface area contributed by atoms with Crippen LogP contribution >= 0.6 is 11.5 Å². The highest BCUT2D eigenvalue weighted by atomic mass is 32.1. The second-order valence-electron chi connectivity index (χ2n) is 2.08. The Morgan fingerprint density at radius 3 is 3.18 bits per heavy atom. The molecule has 0 bridgehead atoms. The number of rotatable bonds is 1. The Balaban J connectivity index is 2.79. The summed E-state index contributed by atoms with van der Waals surface area (Å²) in [7, 11) is 1.63. The van der Waals surface area contributed by atoms with Gasteiger partial charge in [0.2, 0.25) is 0 Å². The highest BCUT2D eigenvalue weighted by Gasteiger charge is 2.02. The maximum Gasteiger partial charge on any atom is 0.147 e. The largest absolute Gasteiger partial charge is 0.494 e. The summed E-state index contributed by atoms with van der Waals surface area (Å²) in [5, 5.41) is 3.93. The second kappa shape index (κ2) is 2.47. The lowest BCUT2D eigenvalue weighted by Crippen LogP contribution is -1.82. The molecule has 4 heteroatoms. The van der Waals surface area contributed by atoms with Crippen LogP contribution in [0, 0.1) is 0 Å². The number of aromatic nitrogens is 2. The molecule has 0 aliphatic carbocycles. The van der Waals surface area contributed by atoms with Crippen molar-refractivity contribution in [2.75, 3.05) is 7.11 Å². The summed E-state index contributed by atoms with van der Waals surface area (Å²) in [6.07, 6.45) is 0. The van der Waals surface area contributed by atoms with Crippen LogP contribution in [0.15, 0.2) is 18.2 Å². The minimum Gasteiger partial charge on any atom is -0.494 e. The predicted molar refractivity (Wildman–Crippen MR) is 44.0 cm³/mol. The lowest BCUT2D eigenvalue weighted by molar-refractivity contribution is 0.419. The van der Waals surface area contributed by atoms with Gasteiger partial charge < -0.3 is 4.74 Å². The van der Waals surface area contributed by atoms with Crippen molar-refractivity contribution >= 4 is 21.7 Å². The van der Waals surface area contributed by atoms with E-state index in [0.29, 0.717) is 0 Å². The third-order valence-corrected chi connectivity index (χ3v) is 2.15. The molecule has 0 radical (unpaired) electrons. The summed E-state index contributed by atoms with van der Waals surface area (Å²) in [5.41, 5.74) is 0.847. The Hall–Kier alpha value is -1.16. The second-order valence-corrected chi connectivity index (χ2v) is 2.87. The van der Waals surface area contributed by atoms with E-state index in [1.807, 2.05) is 18.2 Å². The highest BCUT2D eigenvalue weighted by molar-refractivity contribution is 7.13. The molecule has 11 heavy (non-hydrogen) atoms. The number of fused-ring (bicyclic) bond motifs is 1. The van der Waals surface area contributed by atoms with Gasteiger partial charge in [0, 0.05) is 0 Å². The van der Waals surface area contributed by atoms with E-state index in [1.165, 1.54) is 11.5 Å². The molecule has 0 fully saturated rings. The van der Waals surface area contributed by atoms with Gasteiger partial charge in [-0.25, -0.2) is 0 Å². The zero-order valence-corrected chi connectivity index (χ0v) is 6.76. The third kappa shape index (κ3) is 0.952. The van der Waals surface area contributed by atoms with E-state index in [9.17, 15) is 0 Å². The maximum atomic E-state index is 5.09. The molecule has 0 N–H and O–H groups in total. The van der Waals surface area contributed by atoms with Crippen molar-refractivity contribution in [3.8, 4) is 5.75 Å². The van der Waals surface area contributed by atoms with E-state index in [1.54, 1.807) is 7.11 Å². The minimum atomic E-state index is 0.788. The smallest absolute Gasteiger partial charge is 0.147 e. The number of hydrogen-bond donors (Lipinski definition) is 0. The zero-order valence-electron chi connectivity index (χ0n) is 5.94. The van der Waals surface area contributed by atoms with E-state index >= 15 is 0 Å². The maximum absolute atomic E-state index is 5.09. The molecule has 0 saturated carbocycles. The SMILES string of the molecule is COc1cccc2snnc12. The average molecular weight is 166 g/mol. The van der Waals surface area contributed by atoms with Crippen molar-refractivity contribution < 1.29 is 4.74 Å². The monoisotopic (exact) mass is 166 g/mol. The molecule has 0 atom stereocenters. The van der Waals surface area contributed by atoms with E-state index < -0.39 is 0 Å². The van der Waals surface area contributed by atoms with Gasteiger partial charge in [-0.2, -0.15) is 0 Å². The van der Waals surface area contributed by atoms with Crippen LogP contribution in [0.1, 0.15) is 0 Å². The summed E-state index contributed by atoms with van der Waals surface area (Å²) in [6.45, 7) is 0. The van der Waals surface area contributed by atoms with Crippen LogP contribution in [0.5, 0.6) is 5.75 Å². The number of hydrogen-bond acceptors (Lipinski definition) is 4. The topological polar surface area (TPSA) is 35.0 Å². The van der Waals surface area contributed by atoms with Crippen molar-refractivity contribution in [3.63, 3.8) is 0 Å². The van der Waals surface area contributed by atoms with Crippen LogP contribution in [0.25, 0.3) is 10.2 Å². The van der Waals surface area contributed by atoms with Gasteiger partial charge in [0.25, 0.3) is 0 Å². The Morgan fingerprint density at radius 1 is 1.45 bits per heavy atom. The van der Waals surface area contributed by atoms with Gasteiger partial charge >= 0.3 is 0 Å². The fourth-order valence-corrected chi connectivity index (χ4v) is 1.52. The Bertz CT molecular complexity index is 371. The van der Waals surface area contributed by atoms with E-state index in [-0.39, 0.29) is 0 Å². The third-order valence-electron chi connectivity index (χ3n) is 1.46. The summed E-state index contributed by atoms with van der Waals surface area (Å²) >= 11 is 1.38. The first-order valence-electron chi connectivity index (χ1n) is 3.17. The molecule has 1 heterocycles. The molecular formula is C7H6N2OS. The van der Waals surface area contributed by atoms with Gasteiger partial charge in [-0.3, -0.25) is 0 Å². The summed E-state index contributed by atoms with van der Waals surface area (Å²) in [4.78, 5) is 0. The molecule has 2 aromatic rings. The number of ether oxygens (including phenoxy) is 1. The van der Waals surface area contributed by atoms with Crippen LogP contribution < -0.4 is 4.74 Å². The molecule has 0 spiro atoms. The number of benzene rings is 1. The van der Waals surface area contributed by atoms with Crippen LogP contribution in [0.3, 0.4) is 0 Å². The van der Waals surface area contributed by atoms with E-state index in [2.05, 4.69) is 9.59 Å². The quantitative estimate of drug-likeness (QED) is 0.646. The first-order valence-corrected chi connectivity index (χ1v) is 3.94. The molecule has 1 aromatic heterocycles. The van der Waals surface area contributed by atoms with Crippen LogP contribution in [-0.4, -0.2) is 16.7 Å². The first kappa shape index (κ1) is 6.54. The Kier molecular flexibility index (Phi) is 1.47. The average Bonchev–Trinajstić information content (AvgIpc) is 2.50. The molecule has 0 saturated heterocycles. The predicted octanol–water partition coefficient (Wildman–Crippen LogP) is 1.70. The van der Waals surface area contributed by atoms with Crippen molar-refractivity contribution in [3.05, 3.63) is 18.2 Å². The Morgan fingerprint density at radius 2 is 2.36 bits per heavy atom. The van der Waals surface area contributed by atoms with Crippen molar-refractivity contribution in [1.29, 1.82) is 0 Å². The molecule has 3 nitrogen and oxygen atoms in total. The molecule has 0 aliphatic rings. The molecular weight excluding hydrogens is 160 g/mol. The molecule has 1 aromatic carbocycles. The van der Waals surface area contributed by atoms with Gasteiger partial charge in [-0.1, -0.05) is 10.6 Å². The summed E-state index contributed by atoms with van der Waals surface area (Å²) in [5.74, 6) is 0.788. The van der Waals surface area contributed by atoms with E-state index in [4.69, 9.17) is 4.74 Å². The number of nitrogens with zero attached hydrogens (tertiary/aromatic N) is 2. The lowest BCUT2D eigenvalue weighted by atomic mass is 10.3.